The SMILES string of the molecule is COC(=O)C(C/C=C(\C)CC/C=C(\C)CC/C=C(\C)CCC=C(C)C)P(=O)(OC)OC. The predicted molar refractivity (Wildman–Crippen MR) is 130 cm³/mol. The van der Waals surface area contributed by atoms with Crippen molar-refractivity contribution in [1.82, 2.24) is 0 Å². The van der Waals surface area contributed by atoms with Crippen LogP contribution in [0.4, 0.5) is 0 Å². The summed E-state index contributed by atoms with van der Waals surface area (Å²) in [5.74, 6) is -0.587. The lowest BCUT2D eigenvalue weighted by Gasteiger charge is -2.21. The van der Waals surface area contributed by atoms with E-state index in [1.54, 1.807) is 0 Å². The Bertz CT molecular complexity index is 703. The van der Waals surface area contributed by atoms with Crippen LogP contribution >= 0.6 is 7.60 Å². The molecule has 0 heterocycles. The second-order valence-electron chi connectivity index (χ2n) is 8.23. The highest BCUT2D eigenvalue weighted by molar-refractivity contribution is 7.55. The summed E-state index contributed by atoms with van der Waals surface area (Å²) in [5.41, 5.74) is 4.40. The molecule has 0 saturated carbocycles. The molecular formula is C25H43O5P. The Kier molecular flexibility index (Phi) is 15.5. The van der Waals surface area contributed by atoms with E-state index in [9.17, 15) is 9.36 Å². The monoisotopic (exact) mass is 454 g/mol. The van der Waals surface area contributed by atoms with Crippen LogP contribution in [0.25, 0.3) is 0 Å². The van der Waals surface area contributed by atoms with E-state index in [1.807, 2.05) is 13.0 Å². The van der Waals surface area contributed by atoms with Crippen molar-refractivity contribution >= 4 is 13.6 Å². The van der Waals surface area contributed by atoms with Crippen molar-refractivity contribution in [3.8, 4) is 0 Å². The van der Waals surface area contributed by atoms with Gasteiger partial charge in [0.2, 0.25) is 0 Å². The fourth-order valence-electron chi connectivity index (χ4n) is 3.12. The van der Waals surface area contributed by atoms with E-state index in [0.29, 0.717) is 0 Å². The fourth-order valence-corrected chi connectivity index (χ4v) is 4.50. The molecule has 0 radical (unpaired) electrons. The van der Waals surface area contributed by atoms with E-state index in [1.165, 1.54) is 38.0 Å². The molecule has 6 heteroatoms. The van der Waals surface area contributed by atoms with E-state index in [0.717, 1.165) is 44.1 Å². The minimum absolute atomic E-state index is 0.261. The molecule has 0 aliphatic carbocycles. The molecule has 1 atom stereocenters. The summed E-state index contributed by atoms with van der Waals surface area (Å²) in [5, 5.41) is 0. The summed E-state index contributed by atoms with van der Waals surface area (Å²) in [7, 11) is 0.302. The number of carbonyl (C=O) groups excluding carboxylic acids is 1. The van der Waals surface area contributed by atoms with Gasteiger partial charge in [-0.3, -0.25) is 9.36 Å². The fraction of sp³-hybridized carbons (Fsp3) is 0.640. The summed E-state index contributed by atoms with van der Waals surface area (Å²) in [4.78, 5) is 12.0. The van der Waals surface area contributed by atoms with Gasteiger partial charge in [0.25, 0.3) is 0 Å². The maximum absolute atomic E-state index is 12.6. The third-order valence-electron chi connectivity index (χ3n) is 5.21. The first-order valence-electron chi connectivity index (χ1n) is 11.0. The quantitative estimate of drug-likeness (QED) is 0.145. The first kappa shape index (κ1) is 29.6. The van der Waals surface area contributed by atoms with Gasteiger partial charge in [-0.15, -0.1) is 0 Å². The summed E-state index contributed by atoms with van der Waals surface area (Å²) < 4.78 is 27.4. The zero-order chi connectivity index (χ0) is 23.9. The average molecular weight is 455 g/mol. The van der Waals surface area contributed by atoms with Gasteiger partial charge in [0.1, 0.15) is 0 Å². The maximum atomic E-state index is 12.6. The maximum Gasteiger partial charge on any atom is 0.344 e. The number of methoxy groups -OCH3 is 1. The molecular weight excluding hydrogens is 411 g/mol. The van der Waals surface area contributed by atoms with Crippen LogP contribution in [-0.2, 0) is 23.1 Å². The topological polar surface area (TPSA) is 61.8 Å². The van der Waals surface area contributed by atoms with Gasteiger partial charge in [-0.25, -0.2) is 0 Å². The van der Waals surface area contributed by atoms with Gasteiger partial charge >= 0.3 is 13.6 Å². The molecule has 0 aliphatic heterocycles. The van der Waals surface area contributed by atoms with Crippen molar-refractivity contribution in [2.45, 2.75) is 85.2 Å². The molecule has 0 aromatic rings. The molecule has 0 aromatic heterocycles. The van der Waals surface area contributed by atoms with Crippen LogP contribution < -0.4 is 0 Å². The molecule has 5 nitrogen and oxygen atoms in total. The molecule has 0 aromatic carbocycles. The van der Waals surface area contributed by atoms with Crippen LogP contribution in [0.3, 0.4) is 0 Å². The lowest BCUT2D eigenvalue weighted by atomic mass is 10.0. The molecule has 0 rings (SSSR count). The Labute approximate surface area is 190 Å². The average Bonchev–Trinajstić information content (AvgIpc) is 2.72. The van der Waals surface area contributed by atoms with Crippen LogP contribution in [-0.4, -0.2) is 33.0 Å². The molecule has 1 unspecified atom stereocenters. The van der Waals surface area contributed by atoms with Crippen molar-refractivity contribution in [3.05, 3.63) is 46.6 Å². The number of hydrogen-bond donors (Lipinski definition) is 0. The second kappa shape index (κ2) is 16.2. The number of allylic oxidation sites excluding steroid dienone is 8. The second-order valence-corrected chi connectivity index (χ2v) is 10.7. The zero-order valence-corrected chi connectivity index (χ0v) is 21.7. The van der Waals surface area contributed by atoms with Gasteiger partial charge in [-0.05, 0) is 79.6 Å². The van der Waals surface area contributed by atoms with Crippen molar-refractivity contribution < 1.29 is 23.1 Å². The Morgan fingerprint density at radius 2 is 1.16 bits per heavy atom. The lowest BCUT2D eigenvalue weighted by molar-refractivity contribution is -0.140. The van der Waals surface area contributed by atoms with Crippen molar-refractivity contribution in [2.75, 3.05) is 21.3 Å². The first-order valence-corrected chi connectivity index (χ1v) is 12.6. The van der Waals surface area contributed by atoms with Crippen molar-refractivity contribution in [3.63, 3.8) is 0 Å². The van der Waals surface area contributed by atoms with Crippen LogP contribution in [0.1, 0.15) is 79.6 Å². The van der Waals surface area contributed by atoms with Crippen LogP contribution in [0, 0.1) is 0 Å². The molecule has 0 saturated heterocycles. The van der Waals surface area contributed by atoms with E-state index in [4.69, 9.17) is 13.8 Å². The highest BCUT2D eigenvalue weighted by atomic mass is 31.2. The van der Waals surface area contributed by atoms with Gasteiger partial charge in [0.05, 0.1) is 7.11 Å². The molecule has 31 heavy (non-hydrogen) atoms. The number of esters is 1. The Morgan fingerprint density at radius 1 is 0.742 bits per heavy atom. The van der Waals surface area contributed by atoms with E-state index in [2.05, 4.69) is 45.9 Å². The largest absolute Gasteiger partial charge is 0.468 e. The smallest absolute Gasteiger partial charge is 0.344 e. The predicted octanol–water partition coefficient (Wildman–Crippen LogP) is 7.55. The summed E-state index contributed by atoms with van der Waals surface area (Å²) >= 11 is 0. The molecule has 178 valence electrons. The molecule has 0 amide bonds. The number of carbonyl (C=O) groups is 1. The van der Waals surface area contributed by atoms with Crippen LogP contribution in [0.2, 0.25) is 0 Å². The molecule has 0 spiro atoms. The highest BCUT2D eigenvalue weighted by Gasteiger charge is 2.39. The van der Waals surface area contributed by atoms with Crippen LogP contribution in [0.15, 0.2) is 46.6 Å². The van der Waals surface area contributed by atoms with E-state index >= 15 is 0 Å². The van der Waals surface area contributed by atoms with E-state index < -0.39 is 19.2 Å². The zero-order valence-electron chi connectivity index (χ0n) is 20.8. The highest BCUT2D eigenvalue weighted by Crippen LogP contribution is 2.53. The molecule has 0 N–H and O–H groups in total. The third kappa shape index (κ3) is 12.9. The number of rotatable bonds is 15. The Balaban J connectivity index is 4.59. The van der Waals surface area contributed by atoms with Gasteiger partial charge in [-0.2, -0.15) is 0 Å². The van der Waals surface area contributed by atoms with Gasteiger partial charge in [0.15, 0.2) is 5.66 Å². The Hall–Kier alpha value is -1.42. The van der Waals surface area contributed by atoms with Crippen molar-refractivity contribution in [1.29, 1.82) is 0 Å². The number of hydrogen-bond acceptors (Lipinski definition) is 5. The van der Waals surface area contributed by atoms with Gasteiger partial charge in [0, 0.05) is 14.2 Å². The molecule has 0 fully saturated rings. The summed E-state index contributed by atoms with van der Waals surface area (Å²) in [6, 6.07) is 0. The van der Waals surface area contributed by atoms with Gasteiger partial charge in [-0.1, -0.05) is 46.6 Å². The van der Waals surface area contributed by atoms with E-state index in [-0.39, 0.29) is 6.42 Å². The molecule has 0 aliphatic rings. The summed E-state index contributed by atoms with van der Waals surface area (Å²) in [6.07, 6.45) is 15.3. The molecule has 0 bridgehead atoms. The number of ether oxygens (including phenoxy) is 1. The minimum atomic E-state index is -3.53. The standard InChI is InChI=1S/C25H43O5P/c1-20(2)12-9-13-21(3)14-10-15-22(4)16-11-17-23(5)18-19-24(25(26)28-6)31(27,29-7)30-8/h12,14,16,18,24H,9-11,13,15,17,19H2,1-8H3/b21-14+,22-16+,23-18+. The lowest BCUT2D eigenvalue weighted by Crippen LogP contribution is -2.23. The normalized spacial score (nSPS) is 14.4. The van der Waals surface area contributed by atoms with Gasteiger partial charge < -0.3 is 13.8 Å². The van der Waals surface area contributed by atoms with Crippen molar-refractivity contribution in [2.24, 2.45) is 0 Å². The third-order valence-corrected chi connectivity index (χ3v) is 7.41. The minimum Gasteiger partial charge on any atom is -0.468 e. The first-order chi connectivity index (χ1) is 14.6. The van der Waals surface area contributed by atoms with Crippen LogP contribution in [0.5, 0.6) is 0 Å². The summed E-state index contributed by atoms with van der Waals surface area (Å²) in [6.45, 7) is 10.7. The Morgan fingerprint density at radius 3 is 1.55 bits per heavy atom.